The van der Waals surface area contributed by atoms with Crippen LogP contribution in [0, 0.1) is 0 Å². The van der Waals surface area contributed by atoms with Gasteiger partial charge in [-0.05, 0) is 111 Å². The number of hydrogen-bond acceptors (Lipinski definition) is 1. The van der Waals surface area contributed by atoms with E-state index in [1.165, 1.54) is 82.7 Å². The number of benzene rings is 8. The molecule has 2 nitrogen and oxygen atoms in total. The fourth-order valence-corrected chi connectivity index (χ4v) is 8.12. The minimum atomic E-state index is 0.955. The summed E-state index contributed by atoms with van der Waals surface area (Å²) in [4.78, 5) is 2.46. The molecule has 0 spiro atoms. The molecule has 0 aliphatic heterocycles. The molecule has 52 heavy (non-hydrogen) atoms. The lowest BCUT2D eigenvalue weighted by atomic mass is 9.94. The Hall–Kier alpha value is -6.64. The van der Waals surface area contributed by atoms with Crippen molar-refractivity contribution < 1.29 is 0 Å². The van der Waals surface area contributed by atoms with Crippen molar-refractivity contribution in [2.75, 3.05) is 4.90 Å². The minimum absolute atomic E-state index is 0.955. The average molecular weight is 665 g/mol. The number of rotatable bonds is 6. The van der Waals surface area contributed by atoms with Gasteiger partial charge in [0.1, 0.15) is 0 Å². The van der Waals surface area contributed by atoms with Gasteiger partial charge in [0.25, 0.3) is 0 Å². The summed E-state index contributed by atoms with van der Waals surface area (Å²) in [5, 5.41) is 7.61. The van der Waals surface area contributed by atoms with Crippen LogP contribution in [0.5, 0.6) is 0 Å². The van der Waals surface area contributed by atoms with Gasteiger partial charge in [0.15, 0.2) is 0 Å². The molecule has 0 atom stereocenters. The van der Waals surface area contributed by atoms with E-state index in [4.69, 9.17) is 0 Å². The highest BCUT2D eigenvalue weighted by molar-refractivity contribution is 6.11. The van der Waals surface area contributed by atoms with Crippen molar-refractivity contribution in [3.63, 3.8) is 0 Å². The Morgan fingerprint density at radius 3 is 1.81 bits per heavy atom. The molecule has 1 aliphatic rings. The van der Waals surface area contributed by atoms with Crippen LogP contribution < -0.4 is 4.90 Å². The minimum Gasteiger partial charge on any atom is -0.314 e. The van der Waals surface area contributed by atoms with E-state index in [9.17, 15) is 0 Å². The van der Waals surface area contributed by atoms with Crippen molar-refractivity contribution in [3.8, 4) is 16.8 Å². The first-order valence-electron chi connectivity index (χ1n) is 18.1. The molecule has 0 saturated heterocycles. The van der Waals surface area contributed by atoms with Gasteiger partial charge in [-0.3, -0.25) is 0 Å². The molecule has 246 valence electrons. The van der Waals surface area contributed by atoms with Crippen LogP contribution in [0.1, 0.15) is 18.4 Å². The van der Waals surface area contributed by atoms with Crippen molar-refractivity contribution in [2.24, 2.45) is 0 Å². The van der Waals surface area contributed by atoms with Crippen molar-refractivity contribution in [3.05, 3.63) is 205 Å². The third-order valence-electron chi connectivity index (χ3n) is 10.7. The van der Waals surface area contributed by atoms with E-state index in [-0.39, 0.29) is 0 Å². The predicted octanol–water partition coefficient (Wildman–Crippen LogP) is 13.7. The standard InChI is InChI=1S/C50H36N2/c1-3-11-35(12-4-1)36-21-27-42(28-22-36)51(44-31-25-39-20-19-38-13-7-8-16-45(38)48(39)34-44)43-29-23-37(24-30-43)40-26-32-47-46-17-9-10-18-49(46)52(50(47)33-40)41-14-5-2-6-15-41/h1-21,23-27,29-34H,22,28H2. The van der Waals surface area contributed by atoms with Gasteiger partial charge in [-0.15, -0.1) is 0 Å². The van der Waals surface area contributed by atoms with Crippen LogP contribution >= 0.6 is 0 Å². The Balaban J connectivity index is 1.09. The molecule has 0 amide bonds. The number of hydrogen-bond donors (Lipinski definition) is 0. The fraction of sp³-hybridized carbons (Fsp3) is 0.0400. The van der Waals surface area contributed by atoms with Gasteiger partial charge in [0.05, 0.1) is 11.0 Å². The molecular weight excluding hydrogens is 629 g/mol. The summed E-state index contributed by atoms with van der Waals surface area (Å²) in [7, 11) is 0. The molecule has 1 aromatic heterocycles. The lowest BCUT2D eigenvalue weighted by molar-refractivity contribution is 0.930. The number of anilines is 2. The zero-order valence-electron chi connectivity index (χ0n) is 28.8. The van der Waals surface area contributed by atoms with Gasteiger partial charge in [0.2, 0.25) is 0 Å². The highest BCUT2D eigenvalue weighted by Crippen LogP contribution is 2.40. The summed E-state index contributed by atoms with van der Waals surface area (Å²) >= 11 is 0. The SMILES string of the molecule is C1=C(c2ccccc2)CCC(N(c2ccc(-c3ccc4c5ccccc5n(-c5ccccc5)c4c3)cc2)c2ccc3ccc4ccccc4c3c2)=C1. The molecule has 0 bridgehead atoms. The number of para-hydroxylation sites is 2. The maximum absolute atomic E-state index is 2.46. The second kappa shape index (κ2) is 12.6. The van der Waals surface area contributed by atoms with Gasteiger partial charge < -0.3 is 9.47 Å². The number of allylic oxidation sites excluding steroid dienone is 4. The smallest absolute Gasteiger partial charge is 0.0547 e. The zero-order chi connectivity index (χ0) is 34.4. The van der Waals surface area contributed by atoms with E-state index in [0.29, 0.717) is 0 Å². The van der Waals surface area contributed by atoms with Crippen molar-refractivity contribution in [2.45, 2.75) is 12.8 Å². The van der Waals surface area contributed by atoms with E-state index in [2.05, 4.69) is 204 Å². The fourth-order valence-electron chi connectivity index (χ4n) is 8.12. The largest absolute Gasteiger partial charge is 0.314 e. The van der Waals surface area contributed by atoms with Crippen LogP contribution in [-0.2, 0) is 0 Å². The summed E-state index contributed by atoms with van der Waals surface area (Å²) in [5.74, 6) is 0. The number of aromatic nitrogens is 1. The first kappa shape index (κ1) is 30.2. The summed E-state index contributed by atoms with van der Waals surface area (Å²) in [6.45, 7) is 0. The average Bonchev–Trinajstić information content (AvgIpc) is 3.56. The second-order valence-corrected chi connectivity index (χ2v) is 13.7. The molecule has 0 N–H and O–H groups in total. The molecule has 0 unspecified atom stereocenters. The first-order chi connectivity index (χ1) is 25.8. The third kappa shape index (κ3) is 5.20. The van der Waals surface area contributed by atoms with Crippen molar-refractivity contribution >= 4 is 60.3 Å². The van der Waals surface area contributed by atoms with Crippen LogP contribution in [0.4, 0.5) is 11.4 Å². The normalized spacial score (nSPS) is 13.1. The van der Waals surface area contributed by atoms with E-state index in [1.54, 1.807) is 0 Å². The molecule has 8 aromatic carbocycles. The number of nitrogens with zero attached hydrogens (tertiary/aromatic N) is 2. The van der Waals surface area contributed by atoms with E-state index >= 15 is 0 Å². The van der Waals surface area contributed by atoms with Crippen molar-refractivity contribution in [1.29, 1.82) is 0 Å². The van der Waals surface area contributed by atoms with Crippen LogP contribution in [0.3, 0.4) is 0 Å². The molecule has 10 rings (SSSR count). The summed E-state index contributed by atoms with van der Waals surface area (Å²) in [5.41, 5.74) is 12.3. The molecule has 0 radical (unpaired) electrons. The van der Waals surface area contributed by atoms with E-state index < -0.39 is 0 Å². The molecule has 0 saturated carbocycles. The van der Waals surface area contributed by atoms with Gasteiger partial charge in [-0.1, -0.05) is 140 Å². The molecule has 0 fully saturated rings. The lowest BCUT2D eigenvalue weighted by Gasteiger charge is -2.30. The van der Waals surface area contributed by atoms with Gasteiger partial charge >= 0.3 is 0 Å². The first-order valence-corrected chi connectivity index (χ1v) is 18.1. The quantitative estimate of drug-likeness (QED) is 0.161. The van der Waals surface area contributed by atoms with Crippen LogP contribution in [-0.4, -0.2) is 4.57 Å². The topological polar surface area (TPSA) is 8.17 Å². The van der Waals surface area contributed by atoms with E-state index in [0.717, 1.165) is 18.5 Å². The summed E-state index contributed by atoms with van der Waals surface area (Å²) in [6.07, 6.45) is 6.59. The highest BCUT2D eigenvalue weighted by Gasteiger charge is 2.20. The molecule has 1 aliphatic carbocycles. The van der Waals surface area contributed by atoms with Gasteiger partial charge in [-0.25, -0.2) is 0 Å². The van der Waals surface area contributed by atoms with Crippen LogP contribution in [0.25, 0.3) is 65.7 Å². The van der Waals surface area contributed by atoms with Crippen LogP contribution in [0.2, 0.25) is 0 Å². The van der Waals surface area contributed by atoms with Crippen LogP contribution in [0.15, 0.2) is 200 Å². The Morgan fingerprint density at radius 2 is 1.02 bits per heavy atom. The molecular formula is C50H36N2. The molecule has 9 aromatic rings. The predicted molar refractivity (Wildman–Crippen MR) is 222 cm³/mol. The Morgan fingerprint density at radius 1 is 0.385 bits per heavy atom. The monoisotopic (exact) mass is 664 g/mol. The zero-order valence-corrected chi connectivity index (χ0v) is 28.8. The van der Waals surface area contributed by atoms with Gasteiger partial charge in [-0.2, -0.15) is 0 Å². The Kier molecular flexibility index (Phi) is 7.32. The third-order valence-corrected chi connectivity index (χ3v) is 10.7. The maximum Gasteiger partial charge on any atom is 0.0547 e. The highest BCUT2D eigenvalue weighted by atomic mass is 15.1. The number of fused-ring (bicyclic) bond motifs is 6. The summed E-state index contributed by atoms with van der Waals surface area (Å²) < 4.78 is 2.39. The van der Waals surface area contributed by atoms with Gasteiger partial charge in [0, 0.05) is 33.5 Å². The lowest BCUT2D eigenvalue weighted by Crippen LogP contribution is -2.17. The maximum atomic E-state index is 2.46. The van der Waals surface area contributed by atoms with Crippen molar-refractivity contribution in [1.82, 2.24) is 4.57 Å². The molecule has 1 heterocycles. The van der Waals surface area contributed by atoms with E-state index in [1.807, 2.05) is 0 Å². The Labute approximate surface area is 303 Å². The Bertz CT molecular complexity index is 2820. The summed E-state index contributed by atoms with van der Waals surface area (Å²) in [6, 6.07) is 66.3. The molecule has 2 heteroatoms. The second-order valence-electron chi connectivity index (χ2n) is 13.7.